The first-order chi connectivity index (χ1) is 16.8. The fourth-order valence-electron chi connectivity index (χ4n) is 4.10. The second-order valence-electron chi connectivity index (χ2n) is 9.22. The van der Waals surface area contributed by atoms with Crippen molar-refractivity contribution in [3.63, 3.8) is 0 Å². The van der Waals surface area contributed by atoms with Crippen molar-refractivity contribution >= 4 is 20.2 Å². The molecule has 12 heteroatoms. The summed E-state index contributed by atoms with van der Waals surface area (Å²) in [5, 5.41) is 0. The molecule has 2 fully saturated rings. The van der Waals surface area contributed by atoms with Crippen LogP contribution in [0.4, 0.5) is 0 Å². The molecule has 4 rings (SSSR count). The van der Waals surface area contributed by atoms with Gasteiger partial charge >= 0.3 is 0 Å². The molecule has 10 nitrogen and oxygen atoms in total. The average molecular weight is 543 g/mol. The van der Waals surface area contributed by atoms with Crippen molar-refractivity contribution in [2.24, 2.45) is 0 Å². The van der Waals surface area contributed by atoms with E-state index in [2.05, 4.69) is 0 Å². The van der Waals surface area contributed by atoms with Crippen LogP contribution >= 0.6 is 0 Å². The van der Waals surface area contributed by atoms with Crippen LogP contribution in [0.1, 0.15) is 25.0 Å². The number of aryl methyl sites for hydroxylation is 2. The standard InChI is InChI=1S/C24H30O10S2/c1-15-6-10-17(11-7-15)35(25,26)30-14-19-20-21(33-24(3,4)32-20)22(23(29-5)31-19)34-36(27,28)18-12-8-16(2)9-13-18/h6-13,19-23H,14H2,1-5H3. The van der Waals surface area contributed by atoms with Crippen LogP contribution in [0.2, 0.25) is 0 Å². The zero-order valence-corrected chi connectivity index (χ0v) is 22.2. The number of rotatable bonds is 8. The first-order valence-electron chi connectivity index (χ1n) is 11.3. The molecule has 198 valence electrons. The van der Waals surface area contributed by atoms with Crippen molar-refractivity contribution < 1.29 is 44.1 Å². The van der Waals surface area contributed by atoms with Crippen LogP contribution in [0, 0.1) is 13.8 Å². The first kappa shape index (κ1) is 27.1. The lowest BCUT2D eigenvalue weighted by atomic mass is 9.99. The van der Waals surface area contributed by atoms with E-state index in [1.54, 1.807) is 38.1 Å². The van der Waals surface area contributed by atoms with Crippen molar-refractivity contribution in [2.45, 2.75) is 74.0 Å². The molecule has 36 heavy (non-hydrogen) atoms. The van der Waals surface area contributed by atoms with E-state index < -0.39 is 63.3 Å². The highest BCUT2D eigenvalue weighted by molar-refractivity contribution is 7.87. The SMILES string of the molecule is COC1OC(COS(=O)(=O)c2ccc(C)cc2)C2OC(C)(C)OC2C1OS(=O)(=O)c1ccc(C)cc1. The van der Waals surface area contributed by atoms with Crippen molar-refractivity contribution in [3.05, 3.63) is 59.7 Å². The summed E-state index contributed by atoms with van der Waals surface area (Å²) in [7, 11) is -6.97. The zero-order chi connectivity index (χ0) is 26.3. The molecule has 2 aliphatic rings. The molecular formula is C24H30O10S2. The van der Waals surface area contributed by atoms with Crippen LogP contribution in [-0.4, -0.2) is 67.0 Å². The van der Waals surface area contributed by atoms with Gasteiger partial charge in [-0.3, -0.25) is 8.37 Å². The summed E-state index contributed by atoms with van der Waals surface area (Å²) in [6, 6.07) is 12.4. The molecule has 0 spiro atoms. The van der Waals surface area contributed by atoms with Gasteiger partial charge in [-0.2, -0.15) is 16.8 Å². The molecule has 0 saturated carbocycles. The molecule has 0 radical (unpaired) electrons. The Morgan fingerprint density at radius 3 is 1.83 bits per heavy atom. The molecule has 2 aromatic rings. The van der Waals surface area contributed by atoms with Gasteiger partial charge in [0.2, 0.25) is 0 Å². The van der Waals surface area contributed by atoms with Gasteiger partial charge in [-0.1, -0.05) is 35.4 Å². The van der Waals surface area contributed by atoms with Gasteiger partial charge in [0.1, 0.15) is 18.3 Å². The van der Waals surface area contributed by atoms with Crippen LogP contribution in [-0.2, 0) is 47.5 Å². The number of methoxy groups -OCH3 is 1. The quantitative estimate of drug-likeness (QED) is 0.460. The first-order valence-corrected chi connectivity index (χ1v) is 14.1. The number of hydrogen-bond donors (Lipinski definition) is 0. The molecule has 2 aromatic carbocycles. The average Bonchev–Trinajstić information content (AvgIpc) is 3.14. The normalized spacial score (nSPS) is 28.1. The summed E-state index contributed by atoms with van der Waals surface area (Å²) in [4.78, 5) is -0.0367. The summed E-state index contributed by atoms with van der Waals surface area (Å²) in [5.74, 6) is -1.12. The summed E-state index contributed by atoms with van der Waals surface area (Å²) in [6.07, 6.45) is -5.23. The fraction of sp³-hybridized carbons (Fsp3) is 0.500. The van der Waals surface area contributed by atoms with Gasteiger partial charge in [-0.15, -0.1) is 0 Å². The van der Waals surface area contributed by atoms with E-state index in [1.165, 1.54) is 31.4 Å². The maximum atomic E-state index is 13.0. The lowest BCUT2D eigenvalue weighted by Crippen LogP contribution is -2.59. The molecule has 2 saturated heterocycles. The van der Waals surface area contributed by atoms with Gasteiger partial charge < -0.3 is 18.9 Å². The Labute approximate surface area is 211 Å². The highest BCUT2D eigenvalue weighted by Crippen LogP contribution is 2.40. The summed E-state index contributed by atoms with van der Waals surface area (Å²) < 4.78 is 85.5. The predicted molar refractivity (Wildman–Crippen MR) is 127 cm³/mol. The topological polar surface area (TPSA) is 124 Å². The van der Waals surface area contributed by atoms with Gasteiger partial charge in [-0.05, 0) is 52.0 Å². The molecule has 0 N–H and O–H groups in total. The molecule has 2 aliphatic heterocycles. The van der Waals surface area contributed by atoms with E-state index in [-0.39, 0.29) is 9.79 Å². The molecular weight excluding hydrogens is 512 g/mol. The Bertz CT molecular complexity index is 1270. The summed E-state index contributed by atoms with van der Waals surface area (Å²) in [6.45, 7) is 6.58. The highest BCUT2D eigenvalue weighted by Gasteiger charge is 2.57. The number of fused-ring (bicyclic) bond motifs is 1. The Morgan fingerprint density at radius 2 is 1.31 bits per heavy atom. The maximum Gasteiger partial charge on any atom is 0.297 e. The summed E-state index contributed by atoms with van der Waals surface area (Å²) in [5.41, 5.74) is 1.79. The molecule has 0 amide bonds. The van der Waals surface area contributed by atoms with E-state index in [9.17, 15) is 16.8 Å². The fourth-order valence-corrected chi connectivity index (χ4v) is 6.09. The third-order valence-corrected chi connectivity index (χ3v) is 8.53. The van der Waals surface area contributed by atoms with Crippen LogP contribution in [0.5, 0.6) is 0 Å². The second kappa shape index (κ2) is 10.1. The molecule has 5 atom stereocenters. The smallest absolute Gasteiger partial charge is 0.297 e. The van der Waals surface area contributed by atoms with Crippen molar-refractivity contribution in [1.29, 1.82) is 0 Å². The van der Waals surface area contributed by atoms with Crippen LogP contribution < -0.4 is 0 Å². The van der Waals surface area contributed by atoms with E-state index in [0.717, 1.165) is 11.1 Å². The van der Waals surface area contributed by atoms with Crippen LogP contribution in [0.15, 0.2) is 58.3 Å². The van der Waals surface area contributed by atoms with Gasteiger partial charge in [0, 0.05) is 7.11 Å². The van der Waals surface area contributed by atoms with Crippen molar-refractivity contribution in [1.82, 2.24) is 0 Å². The van der Waals surface area contributed by atoms with Crippen molar-refractivity contribution in [2.75, 3.05) is 13.7 Å². The zero-order valence-electron chi connectivity index (χ0n) is 20.6. The molecule has 0 aliphatic carbocycles. The summed E-state index contributed by atoms with van der Waals surface area (Å²) >= 11 is 0. The molecule has 5 unspecified atom stereocenters. The lowest BCUT2D eigenvalue weighted by Gasteiger charge is -2.40. The van der Waals surface area contributed by atoms with E-state index in [1.807, 2.05) is 13.8 Å². The van der Waals surface area contributed by atoms with E-state index >= 15 is 0 Å². The third kappa shape index (κ3) is 5.81. The number of hydrogen-bond acceptors (Lipinski definition) is 10. The van der Waals surface area contributed by atoms with Crippen LogP contribution in [0.25, 0.3) is 0 Å². The predicted octanol–water partition coefficient (Wildman–Crippen LogP) is 2.67. The Morgan fingerprint density at radius 1 is 0.806 bits per heavy atom. The van der Waals surface area contributed by atoms with E-state index in [4.69, 9.17) is 27.3 Å². The number of benzene rings is 2. The molecule has 2 heterocycles. The highest BCUT2D eigenvalue weighted by atomic mass is 32.2. The van der Waals surface area contributed by atoms with Crippen LogP contribution in [0.3, 0.4) is 0 Å². The second-order valence-corrected chi connectivity index (χ2v) is 12.4. The third-order valence-electron chi connectivity index (χ3n) is 5.91. The van der Waals surface area contributed by atoms with Gasteiger partial charge in [0.25, 0.3) is 20.2 Å². The Kier molecular flexibility index (Phi) is 7.62. The Hall–Kier alpha value is -1.90. The van der Waals surface area contributed by atoms with E-state index in [0.29, 0.717) is 0 Å². The maximum absolute atomic E-state index is 13.0. The molecule has 0 aromatic heterocycles. The minimum absolute atomic E-state index is 0.00178. The van der Waals surface area contributed by atoms with Gasteiger partial charge in [-0.25, -0.2) is 0 Å². The van der Waals surface area contributed by atoms with Gasteiger partial charge in [0.05, 0.1) is 16.4 Å². The minimum Gasteiger partial charge on any atom is -0.353 e. The van der Waals surface area contributed by atoms with Gasteiger partial charge in [0.15, 0.2) is 18.2 Å². The Balaban J connectivity index is 1.56. The lowest BCUT2D eigenvalue weighted by molar-refractivity contribution is -0.266. The minimum atomic E-state index is -4.21. The molecule has 0 bridgehead atoms. The largest absolute Gasteiger partial charge is 0.353 e. The number of ether oxygens (including phenoxy) is 4. The monoisotopic (exact) mass is 542 g/mol. The van der Waals surface area contributed by atoms with Crippen molar-refractivity contribution in [3.8, 4) is 0 Å².